The van der Waals surface area contributed by atoms with Crippen LogP contribution >= 0.6 is 0 Å². The summed E-state index contributed by atoms with van der Waals surface area (Å²) in [4.78, 5) is 0. The second-order valence-corrected chi connectivity index (χ2v) is 4.59. The molecule has 2 aromatic rings. The van der Waals surface area contributed by atoms with E-state index in [1.807, 2.05) is 36.4 Å². The Bertz CT molecular complexity index is 623. The molecular formula is C18H16N2O. The van der Waals surface area contributed by atoms with Gasteiger partial charge in [0.15, 0.2) is 0 Å². The van der Waals surface area contributed by atoms with E-state index in [-0.39, 0.29) is 0 Å². The lowest BCUT2D eigenvalue weighted by molar-refractivity contribution is -0.100. The number of benzene rings is 2. The van der Waals surface area contributed by atoms with E-state index in [4.69, 9.17) is 29.1 Å². The van der Waals surface area contributed by atoms with Crippen LogP contribution in [0.2, 0.25) is 0 Å². The van der Waals surface area contributed by atoms with Crippen molar-refractivity contribution in [1.82, 2.24) is 0 Å². The third kappa shape index (κ3) is 2.97. The Labute approximate surface area is 124 Å². The van der Waals surface area contributed by atoms with Gasteiger partial charge < -0.3 is 4.74 Å². The summed E-state index contributed by atoms with van der Waals surface area (Å²) in [5.74, 6) is 4.87. The zero-order valence-electron chi connectivity index (χ0n) is 11.5. The highest BCUT2D eigenvalue weighted by Gasteiger charge is 2.37. The topological polar surface area (TPSA) is 61.3 Å². The maximum Gasteiger partial charge on any atom is 0.209 e. The maximum atomic E-state index is 6.18. The molecule has 2 aromatic carbocycles. The van der Waals surface area contributed by atoms with Crippen LogP contribution in [0, 0.1) is 24.7 Å². The van der Waals surface area contributed by atoms with Crippen LogP contribution in [0.4, 0.5) is 0 Å². The largest absolute Gasteiger partial charge is 0.309 e. The van der Waals surface area contributed by atoms with E-state index in [1.54, 1.807) is 24.3 Å². The standard InChI is InChI=1S/C18H16N2O/c1-3-17(19,15-11-7-5-8-12-15)21-18(20,4-2)16-13-9-6-10-14-16/h1-2,5-14H,19-20H2. The van der Waals surface area contributed by atoms with Crippen molar-refractivity contribution in [3.05, 3.63) is 71.8 Å². The monoisotopic (exact) mass is 276 g/mol. The fraction of sp³-hybridized carbons (Fsp3) is 0.111. The van der Waals surface area contributed by atoms with Gasteiger partial charge >= 0.3 is 0 Å². The lowest BCUT2D eigenvalue weighted by atomic mass is 10.0. The van der Waals surface area contributed by atoms with Crippen molar-refractivity contribution in [2.45, 2.75) is 11.4 Å². The van der Waals surface area contributed by atoms with Crippen LogP contribution in [0.1, 0.15) is 11.1 Å². The zero-order chi connectivity index (χ0) is 15.3. The highest BCUT2D eigenvalue weighted by atomic mass is 16.5. The second kappa shape index (κ2) is 5.83. The van der Waals surface area contributed by atoms with Crippen molar-refractivity contribution >= 4 is 0 Å². The van der Waals surface area contributed by atoms with Gasteiger partial charge in [-0.1, -0.05) is 72.5 Å². The summed E-state index contributed by atoms with van der Waals surface area (Å²) >= 11 is 0. The number of terminal acetylenes is 2. The predicted molar refractivity (Wildman–Crippen MR) is 83.4 cm³/mol. The van der Waals surface area contributed by atoms with Crippen molar-refractivity contribution in [3.8, 4) is 24.7 Å². The molecule has 21 heavy (non-hydrogen) atoms. The van der Waals surface area contributed by atoms with Gasteiger partial charge in [-0.3, -0.25) is 11.5 Å². The van der Waals surface area contributed by atoms with Crippen LogP contribution in [0.25, 0.3) is 0 Å². The molecule has 0 radical (unpaired) electrons. The average molecular weight is 276 g/mol. The first-order valence-electron chi connectivity index (χ1n) is 6.38. The summed E-state index contributed by atoms with van der Waals surface area (Å²) in [6, 6.07) is 18.0. The Morgan fingerprint density at radius 3 is 1.33 bits per heavy atom. The molecule has 0 heterocycles. The predicted octanol–water partition coefficient (Wildman–Crippen LogP) is 1.89. The molecule has 0 saturated carbocycles. The highest BCUT2D eigenvalue weighted by molar-refractivity contribution is 5.34. The molecule has 0 amide bonds. The molecular weight excluding hydrogens is 260 g/mol. The Morgan fingerprint density at radius 1 is 0.714 bits per heavy atom. The van der Waals surface area contributed by atoms with Gasteiger partial charge in [0.1, 0.15) is 0 Å². The zero-order valence-corrected chi connectivity index (χ0v) is 11.5. The van der Waals surface area contributed by atoms with Crippen molar-refractivity contribution in [2.75, 3.05) is 0 Å². The van der Waals surface area contributed by atoms with E-state index in [0.717, 1.165) is 0 Å². The quantitative estimate of drug-likeness (QED) is 0.662. The van der Waals surface area contributed by atoms with Gasteiger partial charge in [-0.25, -0.2) is 0 Å². The van der Waals surface area contributed by atoms with Gasteiger partial charge in [-0.05, 0) is 0 Å². The average Bonchev–Trinajstić information content (AvgIpc) is 2.56. The van der Waals surface area contributed by atoms with E-state index in [1.165, 1.54) is 0 Å². The number of rotatable bonds is 4. The fourth-order valence-electron chi connectivity index (χ4n) is 1.97. The minimum absolute atomic E-state index is 0.605. The number of hydrogen-bond donors (Lipinski definition) is 2. The van der Waals surface area contributed by atoms with E-state index >= 15 is 0 Å². The summed E-state index contributed by atoms with van der Waals surface area (Å²) < 4.78 is 5.78. The van der Waals surface area contributed by atoms with Gasteiger partial charge in [0.25, 0.3) is 0 Å². The van der Waals surface area contributed by atoms with Gasteiger partial charge in [0, 0.05) is 11.1 Å². The van der Waals surface area contributed by atoms with Crippen LogP contribution in [0.15, 0.2) is 60.7 Å². The molecule has 3 heteroatoms. The van der Waals surface area contributed by atoms with E-state index < -0.39 is 11.4 Å². The van der Waals surface area contributed by atoms with Crippen LogP contribution in [-0.2, 0) is 16.2 Å². The van der Waals surface area contributed by atoms with Gasteiger partial charge in [0.2, 0.25) is 11.4 Å². The maximum absolute atomic E-state index is 6.18. The first kappa shape index (κ1) is 14.8. The first-order valence-corrected chi connectivity index (χ1v) is 6.38. The van der Waals surface area contributed by atoms with Crippen molar-refractivity contribution in [1.29, 1.82) is 0 Å². The van der Waals surface area contributed by atoms with E-state index in [0.29, 0.717) is 11.1 Å². The molecule has 2 unspecified atom stereocenters. The molecule has 4 N–H and O–H groups in total. The molecule has 0 aliphatic carbocycles. The molecule has 0 aliphatic rings. The molecule has 0 spiro atoms. The van der Waals surface area contributed by atoms with Crippen molar-refractivity contribution < 1.29 is 4.74 Å². The molecule has 0 fully saturated rings. The van der Waals surface area contributed by atoms with E-state index in [2.05, 4.69) is 11.8 Å². The van der Waals surface area contributed by atoms with Gasteiger partial charge in [-0.15, -0.1) is 12.8 Å². The molecule has 0 bridgehead atoms. The minimum atomic E-state index is -1.52. The van der Waals surface area contributed by atoms with Crippen molar-refractivity contribution in [2.24, 2.45) is 11.5 Å². The first-order chi connectivity index (χ1) is 10.0. The number of nitrogens with two attached hydrogens (primary N) is 2. The lowest BCUT2D eigenvalue weighted by Crippen LogP contribution is -2.50. The third-order valence-electron chi connectivity index (χ3n) is 3.16. The highest BCUT2D eigenvalue weighted by Crippen LogP contribution is 2.29. The third-order valence-corrected chi connectivity index (χ3v) is 3.16. The van der Waals surface area contributed by atoms with Crippen LogP contribution in [-0.4, -0.2) is 0 Å². The Hall–Kier alpha value is -2.56. The SMILES string of the molecule is C#CC(N)(OC(N)(C#C)c1ccccc1)c1ccccc1. The van der Waals surface area contributed by atoms with Gasteiger partial charge in [0.05, 0.1) is 0 Å². The van der Waals surface area contributed by atoms with Crippen LogP contribution in [0.3, 0.4) is 0 Å². The second-order valence-electron chi connectivity index (χ2n) is 4.59. The Morgan fingerprint density at radius 2 is 1.05 bits per heavy atom. The molecule has 0 saturated heterocycles. The molecule has 0 aromatic heterocycles. The smallest absolute Gasteiger partial charge is 0.209 e. The molecule has 0 aliphatic heterocycles. The van der Waals surface area contributed by atoms with Crippen molar-refractivity contribution in [3.63, 3.8) is 0 Å². The van der Waals surface area contributed by atoms with Gasteiger partial charge in [-0.2, -0.15) is 0 Å². The summed E-state index contributed by atoms with van der Waals surface area (Å²) in [6.07, 6.45) is 11.1. The van der Waals surface area contributed by atoms with E-state index in [9.17, 15) is 0 Å². The Balaban J connectivity index is 2.42. The minimum Gasteiger partial charge on any atom is -0.309 e. The summed E-state index contributed by atoms with van der Waals surface area (Å²) in [5, 5.41) is 0. The lowest BCUT2D eigenvalue weighted by Gasteiger charge is -2.34. The fourth-order valence-corrected chi connectivity index (χ4v) is 1.97. The number of ether oxygens (including phenoxy) is 1. The van der Waals surface area contributed by atoms with Crippen LogP contribution < -0.4 is 11.5 Å². The molecule has 3 nitrogen and oxygen atoms in total. The normalized spacial score (nSPS) is 16.0. The van der Waals surface area contributed by atoms with Crippen LogP contribution in [0.5, 0.6) is 0 Å². The summed E-state index contributed by atoms with van der Waals surface area (Å²) in [5.41, 5.74) is 10.5. The summed E-state index contributed by atoms with van der Waals surface area (Å²) in [6.45, 7) is 0. The Kier molecular flexibility index (Phi) is 4.12. The molecule has 2 atom stereocenters. The molecule has 2 rings (SSSR count). The summed E-state index contributed by atoms with van der Waals surface area (Å²) in [7, 11) is 0. The number of hydrogen-bond acceptors (Lipinski definition) is 3. The molecule has 104 valence electrons.